The largest absolute Gasteiger partial charge is 0.391 e. The van der Waals surface area contributed by atoms with E-state index in [1.54, 1.807) is 7.11 Å². The molecule has 0 bridgehead atoms. The van der Waals surface area contributed by atoms with Crippen LogP contribution in [0.5, 0.6) is 0 Å². The summed E-state index contributed by atoms with van der Waals surface area (Å²) < 4.78 is 10.2. The Balaban J connectivity index is 1.84. The van der Waals surface area contributed by atoms with E-state index in [1.807, 2.05) is 24.3 Å². The summed E-state index contributed by atoms with van der Waals surface area (Å²) in [6.45, 7) is 1.24. The van der Waals surface area contributed by atoms with Crippen LogP contribution < -0.4 is 0 Å². The Bertz CT molecular complexity index is 444. The molecule has 0 saturated heterocycles. The molecule has 1 aliphatic rings. The second kappa shape index (κ2) is 7.53. The van der Waals surface area contributed by atoms with Gasteiger partial charge in [-0.25, -0.2) is 0 Å². The zero-order chi connectivity index (χ0) is 14.4. The van der Waals surface area contributed by atoms with Crippen LogP contribution in [0.1, 0.15) is 28.8 Å². The fourth-order valence-electron chi connectivity index (χ4n) is 2.64. The number of aliphatic hydroxyl groups is 1. The number of fused-ring (bicyclic) bond motifs is 1. The summed E-state index contributed by atoms with van der Waals surface area (Å²) in [6, 6.07) is 7.74. The zero-order valence-corrected chi connectivity index (χ0v) is 11.9. The second-order valence-corrected chi connectivity index (χ2v) is 5.21. The van der Waals surface area contributed by atoms with Crippen LogP contribution in [-0.4, -0.2) is 43.9 Å². The van der Waals surface area contributed by atoms with Crippen LogP contribution in [0.3, 0.4) is 0 Å². The lowest BCUT2D eigenvalue weighted by Gasteiger charge is -2.25. The van der Waals surface area contributed by atoms with Crippen LogP contribution >= 0.6 is 0 Å². The molecule has 2 rings (SSSR count). The van der Waals surface area contributed by atoms with Gasteiger partial charge >= 0.3 is 0 Å². The Labute approximate surface area is 119 Å². The van der Waals surface area contributed by atoms with Crippen molar-refractivity contribution in [2.45, 2.75) is 25.4 Å². The number of ketones is 1. The maximum atomic E-state index is 12.4. The minimum absolute atomic E-state index is 0.0917. The van der Waals surface area contributed by atoms with Crippen molar-refractivity contribution in [2.75, 3.05) is 26.9 Å². The molecule has 2 unspecified atom stereocenters. The Morgan fingerprint density at radius 1 is 1.35 bits per heavy atom. The monoisotopic (exact) mass is 278 g/mol. The topological polar surface area (TPSA) is 55.8 Å². The average Bonchev–Trinajstić information content (AvgIpc) is 2.47. The van der Waals surface area contributed by atoms with Gasteiger partial charge in [0, 0.05) is 18.6 Å². The molecule has 0 heterocycles. The first-order valence-corrected chi connectivity index (χ1v) is 7.09. The lowest BCUT2D eigenvalue weighted by atomic mass is 9.80. The highest BCUT2D eigenvalue weighted by molar-refractivity contribution is 6.00. The number of carbonyl (C=O) groups is 1. The van der Waals surface area contributed by atoms with E-state index >= 15 is 0 Å². The molecule has 0 radical (unpaired) electrons. The van der Waals surface area contributed by atoms with Gasteiger partial charge in [-0.2, -0.15) is 0 Å². The summed E-state index contributed by atoms with van der Waals surface area (Å²) >= 11 is 0. The van der Waals surface area contributed by atoms with Crippen LogP contribution in [0.2, 0.25) is 0 Å². The van der Waals surface area contributed by atoms with E-state index in [-0.39, 0.29) is 18.3 Å². The number of ether oxygens (including phenoxy) is 2. The van der Waals surface area contributed by atoms with Crippen LogP contribution in [0.25, 0.3) is 0 Å². The van der Waals surface area contributed by atoms with Crippen LogP contribution in [0, 0.1) is 5.92 Å². The van der Waals surface area contributed by atoms with E-state index in [0.717, 1.165) is 24.0 Å². The van der Waals surface area contributed by atoms with Gasteiger partial charge in [-0.15, -0.1) is 0 Å². The predicted octanol–water partition coefficient (Wildman–Crippen LogP) is 1.85. The second-order valence-electron chi connectivity index (χ2n) is 5.21. The molecule has 0 aromatic heterocycles. The summed E-state index contributed by atoms with van der Waals surface area (Å²) in [4.78, 5) is 12.4. The number of hydrogen-bond acceptors (Lipinski definition) is 4. The Morgan fingerprint density at radius 3 is 2.95 bits per heavy atom. The molecule has 0 aliphatic heterocycles. The lowest BCUT2D eigenvalue weighted by Crippen LogP contribution is -2.28. The number of Topliss-reactive ketones (excluding diaryl/α,β-unsaturated/α-hetero) is 1. The van der Waals surface area contributed by atoms with Gasteiger partial charge in [0.1, 0.15) is 0 Å². The third kappa shape index (κ3) is 3.88. The predicted molar refractivity (Wildman–Crippen MR) is 75.9 cm³/mol. The maximum absolute atomic E-state index is 12.4. The van der Waals surface area contributed by atoms with Crippen molar-refractivity contribution in [1.29, 1.82) is 0 Å². The number of aryl methyl sites for hydroxylation is 1. The number of carbonyl (C=O) groups excluding carboxylic acids is 1. The molecule has 20 heavy (non-hydrogen) atoms. The first kappa shape index (κ1) is 15.2. The summed E-state index contributed by atoms with van der Waals surface area (Å²) in [5.41, 5.74) is 1.94. The molecule has 0 saturated carbocycles. The molecule has 2 atom stereocenters. The van der Waals surface area contributed by atoms with Crippen LogP contribution in [0.4, 0.5) is 0 Å². The first-order valence-electron chi connectivity index (χ1n) is 7.09. The molecule has 1 aromatic carbocycles. The van der Waals surface area contributed by atoms with Gasteiger partial charge in [-0.3, -0.25) is 4.79 Å². The van der Waals surface area contributed by atoms with Crippen molar-refractivity contribution in [3.8, 4) is 0 Å². The minimum atomic E-state index is -0.592. The molecule has 0 amide bonds. The molecular weight excluding hydrogens is 256 g/mol. The average molecular weight is 278 g/mol. The molecular formula is C16H22O4. The summed E-state index contributed by atoms with van der Waals surface area (Å²) in [5, 5.41) is 9.95. The summed E-state index contributed by atoms with van der Waals surface area (Å²) in [7, 11) is 1.61. The molecule has 1 aromatic rings. The van der Waals surface area contributed by atoms with Crippen molar-refractivity contribution < 1.29 is 19.4 Å². The minimum Gasteiger partial charge on any atom is -0.391 e. The van der Waals surface area contributed by atoms with Crippen LogP contribution in [-0.2, 0) is 15.9 Å². The molecule has 4 nitrogen and oxygen atoms in total. The van der Waals surface area contributed by atoms with Crippen molar-refractivity contribution in [1.82, 2.24) is 0 Å². The Hall–Kier alpha value is -1.23. The van der Waals surface area contributed by atoms with Gasteiger partial charge in [-0.1, -0.05) is 24.3 Å². The van der Waals surface area contributed by atoms with E-state index in [2.05, 4.69) is 0 Å². The first-order chi connectivity index (χ1) is 9.72. The number of methoxy groups -OCH3 is 1. The molecule has 4 heteroatoms. The van der Waals surface area contributed by atoms with Gasteiger partial charge in [-0.05, 0) is 24.8 Å². The van der Waals surface area contributed by atoms with Gasteiger partial charge in [0.2, 0.25) is 0 Å². The smallest absolute Gasteiger partial charge is 0.166 e. The van der Waals surface area contributed by atoms with Crippen LogP contribution in [0.15, 0.2) is 24.3 Å². The third-order valence-electron chi connectivity index (χ3n) is 3.71. The van der Waals surface area contributed by atoms with Gasteiger partial charge < -0.3 is 14.6 Å². The fourth-order valence-corrected chi connectivity index (χ4v) is 2.64. The molecule has 1 N–H and O–H groups in total. The third-order valence-corrected chi connectivity index (χ3v) is 3.71. The number of rotatable bonds is 7. The lowest BCUT2D eigenvalue weighted by molar-refractivity contribution is 0.00426. The van der Waals surface area contributed by atoms with E-state index in [9.17, 15) is 9.90 Å². The van der Waals surface area contributed by atoms with Crippen molar-refractivity contribution >= 4 is 5.78 Å². The number of aliphatic hydroxyl groups excluding tert-OH is 1. The zero-order valence-electron chi connectivity index (χ0n) is 11.9. The van der Waals surface area contributed by atoms with E-state index in [1.165, 1.54) is 0 Å². The van der Waals surface area contributed by atoms with Gasteiger partial charge in [0.15, 0.2) is 5.78 Å². The molecule has 0 fully saturated rings. The normalized spacial score (nSPS) is 19.7. The highest BCUT2D eigenvalue weighted by atomic mass is 16.5. The number of benzene rings is 1. The summed E-state index contributed by atoms with van der Waals surface area (Å²) in [5.74, 6) is 0.0636. The quantitative estimate of drug-likeness (QED) is 0.773. The standard InChI is InChI=1S/C16H22O4/c1-19-8-9-20-11-14(17)10-13-7-6-12-4-2-3-5-15(12)16(13)18/h2-5,13-14,17H,6-11H2,1H3. The van der Waals surface area contributed by atoms with Gasteiger partial charge in [0.25, 0.3) is 0 Å². The molecule has 0 spiro atoms. The Morgan fingerprint density at radius 2 is 2.15 bits per heavy atom. The van der Waals surface area contributed by atoms with Crippen molar-refractivity contribution in [2.24, 2.45) is 5.92 Å². The highest BCUT2D eigenvalue weighted by Gasteiger charge is 2.28. The fraction of sp³-hybridized carbons (Fsp3) is 0.562. The van der Waals surface area contributed by atoms with E-state index in [0.29, 0.717) is 19.6 Å². The summed E-state index contributed by atoms with van der Waals surface area (Å²) in [6.07, 6.45) is 1.60. The van der Waals surface area contributed by atoms with Crippen molar-refractivity contribution in [3.05, 3.63) is 35.4 Å². The van der Waals surface area contributed by atoms with Crippen molar-refractivity contribution in [3.63, 3.8) is 0 Å². The number of hydrogen-bond donors (Lipinski definition) is 1. The Kier molecular flexibility index (Phi) is 5.71. The maximum Gasteiger partial charge on any atom is 0.166 e. The highest BCUT2D eigenvalue weighted by Crippen LogP contribution is 2.28. The van der Waals surface area contributed by atoms with Gasteiger partial charge in [0.05, 0.1) is 25.9 Å². The van der Waals surface area contributed by atoms with E-state index < -0.39 is 6.10 Å². The SMILES string of the molecule is COCCOCC(O)CC1CCc2ccccc2C1=O. The molecule has 1 aliphatic carbocycles. The molecule has 110 valence electrons. The van der Waals surface area contributed by atoms with E-state index in [4.69, 9.17) is 9.47 Å².